The third-order valence-electron chi connectivity index (χ3n) is 4.87. The molecule has 184 valence electrons. The number of hydrogen-bond acceptors (Lipinski definition) is 5. The highest BCUT2D eigenvalue weighted by Crippen LogP contribution is 2.25. The molecule has 0 aromatic heterocycles. The van der Waals surface area contributed by atoms with Crippen LogP contribution in [-0.4, -0.2) is 38.7 Å². The third kappa shape index (κ3) is 6.03. The lowest BCUT2D eigenvalue weighted by Crippen LogP contribution is -2.39. The molecule has 1 aromatic carbocycles. The van der Waals surface area contributed by atoms with E-state index in [1.807, 2.05) is 0 Å². The van der Waals surface area contributed by atoms with Crippen molar-refractivity contribution in [1.29, 1.82) is 0 Å². The molecule has 2 atom stereocenters. The van der Waals surface area contributed by atoms with Crippen molar-refractivity contribution in [2.45, 2.75) is 24.9 Å². The molecule has 12 heteroatoms. The fourth-order valence-corrected chi connectivity index (χ4v) is 4.55. The fraction of sp³-hybridized carbons (Fsp3) is 0.217. The van der Waals surface area contributed by atoms with E-state index < -0.39 is 45.2 Å². The molecule has 3 rings (SSSR count). The van der Waals surface area contributed by atoms with Gasteiger partial charge in [-0.1, -0.05) is 48.2 Å². The molecule has 2 unspecified atom stereocenters. The van der Waals surface area contributed by atoms with Crippen molar-refractivity contribution >= 4 is 33.4 Å². The van der Waals surface area contributed by atoms with E-state index in [2.05, 4.69) is 38.7 Å². The van der Waals surface area contributed by atoms with Crippen LogP contribution in [0.25, 0.3) is 0 Å². The number of nitrogens with zero attached hydrogens (tertiary/aromatic N) is 2. The second kappa shape index (κ2) is 10.9. The van der Waals surface area contributed by atoms with E-state index in [4.69, 9.17) is 16.3 Å². The molecule has 2 N–H and O–H groups in total. The topological polar surface area (TPSA) is 92.2 Å². The maximum atomic E-state index is 14.9. The summed E-state index contributed by atoms with van der Waals surface area (Å²) in [5, 5.41) is 2.02. The second-order valence-corrected chi connectivity index (χ2v) is 9.68. The summed E-state index contributed by atoms with van der Waals surface area (Å²) < 4.78 is 75.4. The SMILES string of the molecule is C=C1C(=N/C=C(\C)C#Cc2c(F)ccc(CNS(=O)(=O)C3C=CC=C(Cl)C3F)c2F)NN=C1OC. The second-order valence-electron chi connectivity index (χ2n) is 7.32. The number of alkyl halides is 1. The molecule has 1 aliphatic carbocycles. The number of halogens is 4. The first-order chi connectivity index (χ1) is 16.5. The summed E-state index contributed by atoms with van der Waals surface area (Å²) in [6.07, 6.45) is 3.09. The number of aliphatic imine (C=N–C) groups is 1. The van der Waals surface area contributed by atoms with Gasteiger partial charge in [-0.3, -0.25) is 5.43 Å². The minimum Gasteiger partial charge on any atom is -0.479 e. The smallest absolute Gasteiger partial charge is 0.241 e. The summed E-state index contributed by atoms with van der Waals surface area (Å²) in [5.41, 5.74) is 2.69. The van der Waals surface area contributed by atoms with Crippen LogP contribution < -0.4 is 10.1 Å². The molecule has 0 saturated heterocycles. The van der Waals surface area contributed by atoms with Gasteiger partial charge in [-0.15, -0.1) is 5.10 Å². The number of sulfonamides is 1. The fourth-order valence-electron chi connectivity index (χ4n) is 2.96. The Morgan fingerprint density at radius 3 is 2.86 bits per heavy atom. The molecule has 7 nitrogen and oxygen atoms in total. The number of benzene rings is 1. The van der Waals surface area contributed by atoms with E-state index in [9.17, 15) is 21.6 Å². The van der Waals surface area contributed by atoms with Gasteiger partial charge < -0.3 is 4.74 Å². The molecule has 35 heavy (non-hydrogen) atoms. The van der Waals surface area contributed by atoms with Crippen LogP contribution in [0, 0.1) is 23.5 Å². The molecule has 0 bridgehead atoms. The zero-order valence-corrected chi connectivity index (χ0v) is 20.1. The van der Waals surface area contributed by atoms with Crippen LogP contribution in [0.5, 0.6) is 0 Å². The molecule has 0 amide bonds. The first-order valence-corrected chi connectivity index (χ1v) is 11.9. The molecule has 0 spiro atoms. The molecule has 0 saturated carbocycles. The number of allylic oxidation sites excluding steroid dienone is 4. The summed E-state index contributed by atoms with van der Waals surface area (Å²) in [5.74, 6) is 3.61. The van der Waals surface area contributed by atoms with E-state index in [0.29, 0.717) is 17.0 Å². The number of hydrogen-bond donors (Lipinski definition) is 2. The minimum absolute atomic E-state index is 0.173. The Balaban J connectivity index is 1.76. The normalized spacial score (nSPS) is 21.3. The van der Waals surface area contributed by atoms with Crippen LogP contribution >= 0.6 is 11.6 Å². The largest absolute Gasteiger partial charge is 0.479 e. The quantitative estimate of drug-likeness (QED) is 0.576. The van der Waals surface area contributed by atoms with Crippen LogP contribution in [-0.2, 0) is 21.3 Å². The summed E-state index contributed by atoms with van der Waals surface area (Å²) in [7, 11) is -2.81. The Labute approximate surface area is 205 Å². The maximum absolute atomic E-state index is 14.9. The highest BCUT2D eigenvalue weighted by Gasteiger charge is 2.35. The van der Waals surface area contributed by atoms with E-state index in [-0.39, 0.29) is 16.5 Å². The Morgan fingerprint density at radius 1 is 1.43 bits per heavy atom. The Morgan fingerprint density at radius 2 is 2.17 bits per heavy atom. The predicted octanol–water partition coefficient (Wildman–Crippen LogP) is 3.56. The van der Waals surface area contributed by atoms with Gasteiger partial charge in [0.1, 0.15) is 16.9 Å². The lowest BCUT2D eigenvalue weighted by Gasteiger charge is -2.21. The van der Waals surface area contributed by atoms with Gasteiger partial charge in [0.15, 0.2) is 12.0 Å². The van der Waals surface area contributed by atoms with Crippen molar-refractivity contribution in [1.82, 2.24) is 10.1 Å². The van der Waals surface area contributed by atoms with Gasteiger partial charge >= 0.3 is 0 Å². The van der Waals surface area contributed by atoms with Crippen LogP contribution in [0.15, 0.2) is 69.4 Å². The molecule has 0 fully saturated rings. The molecule has 1 aromatic rings. The lowest BCUT2D eigenvalue weighted by molar-refractivity contribution is 0.390. The number of hydrazone groups is 1. The van der Waals surface area contributed by atoms with E-state index in [1.54, 1.807) is 6.92 Å². The zero-order chi connectivity index (χ0) is 25.8. The zero-order valence-electron chi connectivity index (χ0n) is 18.6. The van der Waals surface area contributed by atoms with Crippen LogP contribution in [0.3, 0.4) is 0 Å². The Bertz CT molecular complexity index is 1370. The van der Waals surface area contributed by atoms with Crippen molar-refractivity contribution in [3.05, 3.63) is 82.1 Å². The summed E-state index contributed by atoms with van der Waals surface area (Å²) in [6.45, 7) is 4.80. The number of nitrogens with one attached hydrogen (secondary N) is 2. The van der Waals surface area contributed by atoms with Gasteiger partial charge in [0.2, 0.25) is 15.9 Å². The van der Waals surface area contributed by atoms with Gasteiger partial charge in [0.05, 0.1) is 23.3 Å². The number of amidine groups is 1. The summed E-state index contributed by atoms with van der Waals surface area (Å²) >= 11 is 5.68. The molecule has 1 heterocycles. The van der Waals surface area contributed by atoms with Crippen molar-refractivity contribution in [3.8, 4) is 11.8 Å². The summed E-state index contributed by atoms with van der Waals surface area (Å²) in [6, 6.07) is 2.04. The molecular formula is C23H20ClF3N4O3S. The third-order valence-corrected chi connectivity index (χ3v) is 6.87. The number of rotatable bonds is 5. The van der Waals surface area contributed by atoms with Crippen molar-refractivity contribution in [2.75, 3.05) is 7.11 Å². The van der Waals surface area contributed by atoms with Crippen LogP contribution in [0.1, 0.15) is 18.1 Å². The Kier molecular flexibility index (Phi) is 8.22. The first-order valence-electron chi connectivity index (χ1n) is 10.0. The van der Waals surface area contributed by atoms with Crippen molar-refractivity contribution in [3.63, 3.8) is 0 Å². The van der Waals surface area contributed by atoms with E-state index in [0.717, 1.165) is 18.2 Å². The van der Waals surface area contributed by atoms with Crippen LogP contribution in [0.4, 0.5) is 13.2 Å². The number of methoxy groups -OCH3 is 1. The lowest BCUT2D eigenvalue weighted by atomic mass is 10.1. The first kappa shape index (κ1) is 26.3. The number of ether oxygens (including phenoxy) is 1. The highest BCUT2D eigenvalue weighted by molar-refractivity contribution is 7.90. The molecular weight excluding hydrogens is 505 g/mol. The van der Waals surface area contributed by atoms with Crippen LogP contribution in [0.2, 0.25) is 0 Å². The summed E-state index contributed by atoms with van der Waals surface area (Å²) in [4.78, 5) is 4.12. The van der Waals surface area contributed by atoms with Gasteiger partial charge in [-0.25, -0.2) is 31.3 Å². The van der Waals surface area contributed by atoms with Gasteiger partial charge in [-0.2, -0.15) is 0 Å². The van der Waals surface area contributed by atoms with Crippen molar-refractivity contribution < 1.29 is 26.3 Å². The van der Waals surface area contributed by atoms with Gasteiger partial charge in [0, 0.05) is 23.9 Å². The maximum Gasteiger partial charge on any atom is 0.241 e. The van der Waals surface area contributed by atoms with E-state index >= 15 is 0 Å². The monoisotopic (exact) mass is 524 g/mol. The molecule has 0 radical (unpaired) electrons. The average Bonchev–Trinajstić information content (AvgIpc) is 3.18. The van der Waals surface area contributed by atoms with Gasteiger partial charge in [0.25, 0.3) is 0 Å². The Hall–Kier alpha value is -3.33. The predicted molar refractivity (Wildman–Crippen MR) is 129 cm³/mol. The average molecular weight is 525 g/mol. The van der Waals surface area contributed by atoms with Crippen molar-refractivity contribution in [2.24, 2.45) is 10.1 Å². The minimum atomic E-state index is -4.24. The highest BCUT2D eigenvalue weighted by atomic mass is 35.5. The van der Waals surface area contributed by atoms with Gasteiger partial charge in [-0.05, 0) is 19.1 Å². The molecule has 2 aliphatic rings. The standard InChI is InChI=1S/C23H20ClF3N4O3S/c1-13(11-28-22-14(2)23(34-3)31-30-22)7-9-16-18(25)10-8-15(20(16)26)12-29-35(32,33)19-6-4-5-17(24)21(19)27/h4-6,8,10-11,19,21,29H,2,12H2,1,3H3,(H,28,30)/b13-11+. The van der Waals surface area contributed by atoms with E-state index in [1.165, 1.54) is 25.5 Å². The molecule has 1 aliphatic heterocycles.